The molecule has 0 aliphatic carbocycles. The lowest BCUT2D eigenvalue weighted by Gasteiger charge is -2.30. The molecular formula is C40H51N7O9. The number of benzene rings is 3. The van der Waals surface area contributed by atoms with E-state index in [1.807, 2.05) is 6.07 Å². The Morgan fingerprint density at radius 3 is 1.80 bits per heavy atom. The summed E-state index contributed by atoms with van der Waals surface area (Å²) in [5, 5.41) is 18.1. The number of carbonyl (C=O) groups excluding carboxylic acids is 7. The van der Waals surface area contributed by atoms with Crippen molar-refractivity contribution >= 4 is 47.0 Å². The average Bonchev–Trinajstić information content (AvgIpc) is 3.17. The Kier molecular flexibility index (Phi) is 17.6. The second-order valence-corrected chi connectivity index (χ2v) is 13.2. The number of para-hydroxylation sites is 1. The summed E-state index contributed by atoms with van der Waals surface area (Å²) in [4.78, 5) is 96.0. The van der Waals surface area contributed by atoms with Crippen LogP contribution in [0.2, 0.25) is 0 Å². The van der Waals surface area contributed by atoms with Crippen LogP contribution in [0.3, 0.4) is 0 Å². The maximum atomic E-state index is 14.1. The summed E-state index contributed by atoms with van der Waals surface area (Å²) in [6.07, 6.45) is -1.44. The molecular weight excluding hydrogens is 722 g/mol. The van der Waals surface area contributed by atoms with Crippen molar-refractivity contribution in [3.05, 3.63) is 102 Å². The molecule has 0 unspecified atom stereocenters. The molecule has 0 spiro atoms. The Labute approximate surface area is 326 Å². The van der Waals surface area contributed by atoms with Gasteiger partial charge in [-0.25, -0.2) is 0 Å². The van der Waals surface area contributed by atoms with Crippen molar-refractivity contribution in [2.45, 2.75) is 58.0 Å². The molecule has 3 aromatic rings. The number of nitrogens with one attached hydrogen (secondary N) is 3. The molecule has 0 aromatic heterocycles. The number of aliphatic hydroxyl groups excluding tert-OH is 1. The minimum absolute atomic E-state index is 0.00934. The van der Waals surface area contributed by atoms with Gasteiger partial charge in [0.2, 0.25) is 41.4 Å². The van der Waals surface area contributed by atoms with E-state index in [0.717, 1.165) is 10.5 Å². The lowest BCUT2D eigenvalue weighted by Crippen LogP contribution is -2.59. The highest BCUT2D eigenvalue weighted by Crippen LogP contribution is 2.16. The number of nitrogens with zero attached hydrogens (tertiary/aromatic N) is 3. The second-order valence-electron chi connectivity index (χ2n) is 13.2. The van der Waals surface area contributed by atoms with Gasteiger partial charge in [-0.2, -0.15) is 0 Å². The highest BCUT2D eigenvalue weighted by Gasteiger charge is 2.32. The predicted octanol–water partition coefficient (Wildman–Crippen LogP) is 0.126. The van der Waals surface area contributed by atoms with Crippen molar-refractivity contribution in [3.8, 4) is 0 Å². The van der Waals surface area contributed by atoms with Crippen LogP contribution in [0.25, 0.3) is 0 Å². The Hall–Kier alpha value is -6.13. The smallest absolute Gasteiger partial charge is 0.247 e. The Bertz CT molecular complexity index is 1780. The second kappa shape index (κ2) is 22.3. The first-order valence-corrected chi connectivity index (χ1v) is 18.0. The highest BCUT2D eigenvalue weighted by atomic mass is 16.5. The molecule has 0 heterocycles. The lowest BCUT2D eigenvalue weighted by molar-refractivity contribution is -0.141. The molecule has 0 aliphatic rings. The molecule has 7 amide bonds. The monoisotopic (exact) mass is 773 g/mol. The number of hydrogen-bond donors (Lipinski definition) is 5. The number of rotatable bonds is 21. The fourth-order valence-electron chi connectivity index (χ4n) is 5.50. The van der Waals surface area contributed by atoms with Gasteiger partial charge in [-0.05, 0) is 37.1 Å². The van der Waals surface area contributed by atoms with E-state index in [2.05, 4.69) is 16.0 Å². The van der Waals surface area contributed by atoms with Gasteiger partial charge in [0.15, 0.2) is 0 Å². The zero-order valence-electron chi connectivity index (χ0n) is 32.1. The largest absolute Gasteiger partial charge is 0.391 e. The van der Waals surface area contributed by atoms with E-state index in [1.165, 1.54) is 37.7 Å². The third-order valence-electron chi connectivity index (χ3n) is 8.69. The number of amides is 7. The SMILES string of the molecule is COCCN(CC(=O)N(CC(=O)N(CC(=O)N[C@H](C(=O)N[C@@H](Cc1ccccc1)C(=O)N[C@@H](C)C(N)=O)[C@@H](C)O)c1ccccc1)Cc1ccccc1)C(C)=O. The molecule has 300 valence electrons. The van der Waals surface area contributed by atoms with Gasteiger partial charge in [0.05, 0.1) is 19.3 Å². The fraction of sp³-hybridized carbons (Fsp3) is 0.375. The van der Waals surface area contributed by atoms with Gasteiger partial charge in [0, 0.05) is 39.2 Å². The number of ether oxygens (including phenoxy) is 1. The summed E-state index contributed by atoms with van der Waals surface area (Å²) in [5.41, 5.74) is 7.03. The van der Waals surface area contributed by atoms with Crippen LogP contribution in [0.4, 0.5) is 5.69 Å². The summed E-state index contributed by atoms with van der Waals surface area (Å²) in [7, 11) is 1.47. The van der Waals surface area contributed by atoms with E-state index in [1.54, 1.807) is 84.9 Å². The number of nitrogens with two attached hydrogens (primary N) is 1. The summed E-state index contributed by atoms with van der Waals surface area (Å²) in [6, 6.07) is 22.1. The topological polar surface area (TPSA) is 221 Å². The molecule has 0 fully saturated rings. The highest BCUT2D eigenvalue weighted by molar-refractivity contribution is 6.02. The first-order valence-electron chi connectivity index (χ1n) is 18.0. The number of aliphatic hydroxyl groups is 1. The van der Waals surface area contributed by atoms with Gasteiger partial charge in [-0.3, -0.25) is 33.6 Å². The third-order valence-corrected chi connectivity index (χ3v) is 8.69. The Balaban J connectivity index is 1.85. The maximum absolute atomic E-state index is 14.1. The molecule has 16 heteroatoms. The van der Waals surface area contributed by atoms with Crippen molar-refractivity contribution < 1.29 is 43.4 Å². The van der Waals surface area contributed by atoms with Crippen LogP contribution in [0.5, 0.6) is 0 Å². The average molecular weight is 774 g/mol. The van der Waals surface area contributed by atoms with E-state index in [4.69, 9.17) is 10.5 Å². The Morgan fingerprint density at radius 1 is 0.714 bits per heavy atom. The van der Waals surface area contributed by atoms with Crippen molar-refractivity contribution in [2.24, 2.45) is 5.73 Å². The van der Waals surface area contributed by atoms with Crippen molar-refractivity contribution in [3.63, 3.8) is 0 Å². The predicted molar refractivity (Wildman–Crippen MR) is 207 cm³/mol. The fourth-order valence-corrected chi connectivity index (χ4v) is 5.50. The third kappa shape index (κ3) is 14.3. The van der Waals surface area contributed by atoms with Crippen molar-refractivity contribution in [1.82, 2.24) is 25.8 Å². The molecule has 0 saturated carbocycles. The summed E-state index contributed by atoms with van der Waals surface area (Å²) in [6.45, 7) is 2.95. The molecule has 56 heavy (non-hydrogen) atoms. The molecule has 0 bridgehead atoms. The van der Waals surface area contributed by atoms with Crippen LogP contribution in [0.15, 0.2) is 91.0 Å². The first kappa shape index (κ1) is 44.3. The zero-order valence-corrected chi connectivity index (χ0v) is 32.1. The summed E-state index contributed by atoms with van der Waals surface area (Å²) in [5.74, 6) is -4.77. The normalized spacial score (nSPS) is 12.9. The van der Waals surface area contributed by atoms with E-state index in [9.17, 15) is 38.7 Å². The zero-order chi connectivity index (χ0) is 41.2. The minimum atomic E-state index is -1.57. The first-order chi connectivity index (χ1) is 26.7. The van der Waals surface area contributed by atoms with Crippen molar-refractivity contribution in [1.29, 1.82) is 0 Å². The van der Waals surface area contributed by atoms with E-state index < -0.39 is 72.8 Å². The van der Waals surface area contributed by atoms with Crippen molar-refractivity contribution in [2.75, 3.05) is 44.8 Å². The number of methoxy groups -OCH3 is 1. The van der Waals surface area contributed by atoms with Gasteiger partial charge >= 0.3 is 0 Å². The molecule has 3 aromatic carbocycles. The quantitative estimate of drug-likeness (QED) is 0.0992. The lowest BCUT2D eigenvalue weighted by atomic mass is 10.0. The van der Waals surface area contributed by atoms with E-state index in [-0.39, 0.29) is 38.6 Å². The van der Waals surface area contributed by atoms with Crippen LogP contribution >= 0.6 is 0 Å². The molecule has 16 nitrogen and oxygen atoms in total. The maximum Gasteiger partial charge on any atom is 0.247 e. The van der Waals surface area contributed by atoms with Crippen LogP contribution in [-0.2, 0) is 51.3 Å². The number of anilines is 1. The van der Waals surface area contributed by atoms with Gasteiger partial charge in [0.1, 0.15) is 31.2 Å². The number of carbonyl (C=O) groups is 7. The molecule has 0 saturated heterocycles. The summed E-state index contributed by atoms with van der Waals surface area (Å²) >= 11 is 0. The minimum Gasteiger partial charge on any atom is -0.391 e. The van der Waals surface area contributed by atoms with Crippen LogP contribution < -0.4 is 26.6 Å². The van der Waals surface area contributed by atoms with E-state index in [0.29, 0.717) is 11.3 Å². The number of primary amides is 1. The van der Waals surface area contributed by atoms with Gasteiger partial charge in [-0.15, -0.1) is 0 Å². The van der Waals surface area contributed by atoms with Crippen LogP contribution in [-0.4, -0.2) is 120 Å². The van der Waals surface area contributed by atoms with Gasteiger partial charge < -0.3 is 46.2 Å². The summed E-state index contributed by atoms with van der Waals surface area (Å²) < 4.78 is 5.08. The van der Waals surface area contributed by atoms with Crippen LogP contribution in [0.1, 0.15) is 31.9 Å². The Morgan fingerprint density at radius 2 is 1.27 bits per heavy atom. The molecule has 3 rings (SSSR count). The van der Waals surface area contributed by atoms with Crippen LogP contribution in [0, 0.1) is 0 Å². The van der Waals surface area contributed by atoms with Gasteiger partial charge in [-0.1, -0.05) is 78.9 Å². The number of hydrogen-bond acceptors (Lipinski definition) is 9. The molecule has 0 aliphatic heterocycles. The molecule has 0 radical (unpaired) electrons. The molecule has 4 atom stereocenters. The standard InChI is InChI=1S/C40H51N7O9/c1-27(38(41)53)42-39(54)33(22-30-14-8-5-9-15-30)43-40(55)37(28(2)48)44-34(50)24-47(32-18-12-7-13-19-32)36(52)26-46(23-31-16-10-6-11-17-31)35(51)25-45(29(3)49)20-21-56-4/h5-19,27-28,33,37,48H,20-26H2,1-4H3,(H2,41,53)(H,42,54)(H,43,55)(H,44,50)/t27-,28+,33-,37-/m0/s1. The van der Waals surface area contributed by atoms with E-state index >= 15 is 0 Å². The molecule has 6 N–H and O–H groups in total. The van der Waals surface area contributed by atoms with Gasteiger partial charge in [0.25, 0.3) is 0 Å².